The molecule has 1 aromatic carbocycles. The molecule has 0 radical (unpaired) electrons. The molecule has 0 aliphatic rings. The molecule has 0 amide bonds. The number of fused-ring (bicyclic) bond motifs is 1. The van der Waals surface area contributed by atoms with Gasteiger partial charge in [0, 0.05) is 4.47 Å². The van der Waals surface area contributed by atoms with Crippen LogP contribution in [-0.4, -0.2) is 42.9 Å². The second-order valence-corrected chi connectivity index (χ2v) is 6.26. The Kier molecular flexibility index (Phi) is 5.21. The number of hydrogen-bond acceptors (Lipinski definition) is 7. The number of rotatable bonds is 6. The van der Waals surface area contributed by atoms with E-state index < -0.39 is 23.7 Å². The van der Waals surface area contributed by atoms with Crippen molar-refractivity contribution in [2.24, 2.45) is 0 Å². The Morgan fingerprint density at radius 1 is 1.23 bits per heavy atom. The number of ether oxygens (including phenoxy) is 1. The summed E-state index contributed by atoms with van der Waals surface area (Å²) < 4.78 is 8.16. The molecule has 2 heterocycles. The van der Waals surface area contributed by atoms with Gasteiger partial charge in [-0.1, -0.05) is 21.1 Å². The zero-order valence-corrected chi connectivity index (χ0v) is 15.3. The van der Waals surface area contributed by atoms with Crippen LogP contribution in [0.3, 0.4) is 0 Å². The van der Waals surface area contributed by atoms with Gasteiger partial charge in [0.15, 0.2) is 16.9 Å². The normalized spacial score (nSPS) is 10.8. The third-order valence-electron chi connectivity index (χ3n) is 3.49. The minimum Gasteiger partial charge on any atom is -0.466 e. The fourth-order valence-electron chi connectivity index (χ4n) is 2.33. The Labute approximate surface area is 155 Å². The first-order valence-electron chi connectivity index (χ1n) is 7.73. The van der Waals surface area contributed by atoms with Gasteiger partial charge in [-0.05, 0) is 31.2 Å². The minimum atomic E-state index is -0.624. The van der Waals surface area contributed by atoms with E-state index in [0.29, 0.717) is 5.69 Å². The molecule has 26 heavy (non-hydrogen) atoms. The molecule has 0 aliphatic heterocycles. The Hall–Kier alpha value is -2.88. The van der Waals surface area contributed by atoms with E-state index in [0.717, 1.165) is 9.04 Å². The molecule has 0 unspecified atom stereocenters. The van der Waals surface area contributed by atoms with Crippen molar-refractivity contribution in [3.05, 3.63) is 45.4 Å². The number of ketones is 1. The third-order valence-corrected chi connectivity index (χ3v) is 4.02. The molecular weight excluding hydrogens is 406 g/mol. The maximum atomic E-state index is 12.5. The van der Waals surface area contributed by atoms with E-state index in [4.69, 9.17) is 4.74 Å². The molecule has 0 atom stereocenters. The number of halogens is 1. The molecular formula is C16H14BrN5O4. The average Bonchev–Trinajstić information content (AvgIpc) is 3.03. The van der Waals surface area contributed by atoms with Gasteiger partial charge < -0.3 is 4.74 Å². The summed E-state index contributed by atoms with van der Waals surface area (Å²) in [6, 6.07) is 7.26. The molecule has 9 nitrogen and oxygen atoms in total. The van der Waals surface area contributed by atoms with Crippen LogP contribution in [0.5, 0.6) is 0 Å². The highest BCUT2D eigenvalue weighted by atomic mass is 79.9. The summed E-state index contributed by atoms with van der Waals surface area (Å²) in [6.45, 7) is 1.56. The van der Waals surface area contributed by atoms with Crippen LogP contribution in [0.15, 0.2) is 39.9 Å². The molecule has 0 bridgehead atoms. The maximum absolute atomic E-state index is 12.5. The fraction of sp³-hybridized carbons (Fsp3) is 0.250. The Morgan fingerprint density at radius 3 is 2.65 bits per heavy atom. The molecule has 2 aromatic heterocycles. The number of aromatic nitrogens is 5. The summed E-state index contributed by atoms with van der Waals surface area (Å²) in [5.74, 6) is -1.08. The van der Waals surface area contributed by atoms with Crippen LogP contribution in [0.2, 0.25) is 0 Å². The maximum Gasteiger partial charge on any atom is 0.313 e. The molecule has 0 N–H and O–H groups in total. The number of carbonyl (C=O) groups is 2. The molecule has 0 fully saturated rings. The molecule has 0 spiro atoms. The molecule has 3 aromatic rings. The van der Waals surface area contributed by atoms with Gasteiger partial charge in [0.2, 0.25) is 0 Å². The van der Waals surface area contributed by atoms with Gasteiger partial charge in [-0.3, -0.25) is 19.0 Å². The van der Waals surface area contributed by atoms with Crippen LogP contribution in [0.1, 0.15) is 13.3 Å². The predicted molar refractivity (Wildman–Crippen MR) is 94.9 cm³/mol. The van der Waals surface area contributed by atoms with Crippen LogP contribution in [-0.2, 0) is 20.9 Å². The highest BCUT2D eigenvalue weighted by molar-refractivity contribution is 9.10. The molecule has 3 rings (SSSR count). The SMILES string of the molecule is CCOC(=O)CC(=O)Cn1cnc2c(nnn2-c2ccc(Br)cc2)c1=O. The van der Waals surface area contributed by atoms with E-state index >= 15 is 0 Å². The van der Waals surface area contributed by atoms with E-state index in [1.807, 2.05) is 12.1 Å². The number of benzene rings is 1. The highest BCUT2D eigenvalue weighted by Crippen LogP contribution is 2.15. The lowest BCUT2D eigenvalue weighted by Crippen LogP contribution is -2.26. The van der Waals surface area contributed by atoms with Crippen LogP contribution in [0, 0.1) is 0 Å². The van der Waals surface area contributed by atoms with Gasteiger partial charge in [-0.15, -0.1) is 5.10 Å². The van der Waals surface area contributed by atoms with E-state index in [-0.39, 0.29) is 24.3 Å². The highest BCUT2D eigenvalue weighted by Gasteiger charge is 2.16. The van der Waals surface area contributed by atoms with Crippen LogP contribution in [0.25, 0.3) is 16.9 Å². The smallest absolute Gasteiger partial charge is 0.313 e. The second kappa shape index (κ2) is 7.56. The number of nitrogens with zero attached hydrogens (tertiary/aromatic N) is 5. The predicted octanol–water partition coefficient (Wildman–Crippen LogP) is 1.26. The van der Waals surface area contributed by atoms with E-state index in [2.05, 4.69) is 31.2 Å². The van der Waals surface area contributed by atoms with Crippen molar-refractivity contribution >= 4 is 38.8 Å². The van der Waals surface area contributed by atoms with E-state index in [1.165, 1.54) is 11.0 Å². The largest absolute Gasteiger partial charge is 0.466 e. The molecule has 0 saturated heterocycles. The molecule has 0 aliphatic carbocycles. The first-order valence-corrected chi connectivity index (χ1v) is 8.53. The second-order valence-electron chi connectivity index (χ2n) is 5.35. The van der Waals surface area contributed by atoms with Crippen molar-refractivity contribution in [1.29, 1.82) is 0 Å². The Balaban J connectivity index is 1.88. The third kappa shape index (κ3) is 3.69. The molecule has 10 heteroatoms. The Morgan fingerprint density at radius 2 is 1.96 bits per heavy atom. The summed E-state index contributed by atoms with van der Waals surface area (Å²) in [6.07, 6.45) is 0.844. The van der Waals surface area contributed by atoms with Gasteiger partial charge in [-0.25, -0.2) is 4.98 Å². The van der Waals surface area contributed by atoms with Gasteiger partial charge >= 0.3 is 5.97 Å². The summed E-state index contributed by atoms with van der Waals surface area (Å²) in [4.78, 5) is 40.0. The topological polar surface area (TPSA) is 109 Å². The van der Waals surface area contributed by atoms with E-state index in [9.17, 15) is 14.4 Å². The van der Waals surface area contributed by atoms with Crippen molar-refractivity contribution in [3.63, 3.8) is 0 Å². The number of carbonyl (C=O) groups excluding carboxylic acids is 2. The lowest BCUT2D eigenvalue weighted by molar-refractivity contribution is -0.145. The minimum absolute atomic E-state index is 0.0411. The summed E-state index contributed by atoms with van der Waals surface area (Å²) in [5.41, 5.74) is 0.514. The van der Waals surface area contributed by atoms with Gasteiger partial charge in [0.05, 0.1) is 18.8 Å². The van der Waals surface area contributed by atoms with Crippen molar-refractivity contribution in [3.8, 4) is 5.69 Å². The van der Waals surface area contributed by atoms with Crippen LogP contribution in [0.4, 0.5) is 0 Å². The van der Waals surface area contributed by atoms with Gasteiger partial charge in [-0.2, -0.15) is 4.68 Å². The summed E-state index contributed by atoms with van der Waals surface area (Å²) in [7, 11) is 0. The molecule has 134 valence electrons. The van der Waals surface area contributed by atoms with Crippen LogP contribution >= 0.6 is 15.9 Å². The van der Waals surface area contributed by atoms with Crippen molar-refractivity contribution in [1.82, 2.24) is 24.5 Å². The zero-order valence-electron chi connectivity index (χ0n) is 13.8. The first-order chi connectivity index (χ1) is 12.5. The van der Waals surface area contributed by atoms with Gasteiger partial charge in [0.25, 0.3) is 5.56 Å². The van der Waals surface area contributed by atoms with Gasteiger partial charge in [0.1, 0.15) is 12.7 Å². The number of esters is 1. The quantitative estimate of drug-likeness (QED) is 0.436. The lowest BCUT2D eigenvalue weighted by Gasteiger charge is -2.05. The van der Waals surface area contributed by atoms with Crippen molar-refractivity contribution in [2.45, 2.75) is 19.9 Å². The zero-order chi connectivity index (χ0) is 18.7. The standard InChI is InChI=1S/C16H14BrN5O4/c1-2-26-13(24)7-12(23)8-21-9-18-15-14(16(21)25)19-20-22(15)11-5-3-10(17)4-6-11/h3-6,9H,2,7-8H2,1H3. The Bertz CT molecular complexity index is 1030. The van der Waals surface area contributed by atoms with Crippen molar-refractivity contribution in [2.75, 3.05) is 6.61 Å². The van der Waals surface area contributed by atoms with Crippen molar-refractivity contribution < 1.29 is 14.3 Å². The first kappa shape index (κ1) is 17.9. The van der Waals surface area contributed by atoms with E-state index in [1.54, 1.807) is 19.1 Å². The number of hydrogen-bond donors (Lipinski definition) is 0. The lowest BCUT2D eigenvalue weighted by atomic mass is 10.3. The monoisotopic (exact) mass is 419 g/mol. The van der Waals surface area contributed by atoms with Crippen LogP contribution < -0.4 is 5.56 Å². The summed E-state index contributed by atoms with van der Waals surface area (Å²) in [5, 5.41) is 7.84. The fourth-order valence-corrected chi connectivity index (χ4v) is 2.60. The summed E-state index contributed by atoms with van der Waals surface area (Å²) >= 11 is 3.35. The molecule has 0 saturated carbocycles. The number of Topliss-reactive ketones (excluding diaryl/α,β-unsaturated/α-hetero) is 1. The average molecular weight is 420 g/mol.